The van der Waals surface area contributed by atoms with Crippen LogP contribution >= 0.6 is 0 Å². The van der Waals surface area contributed by atoms with E-state index in [1.54, 1.807) is 0 Å². The van der Waals surface area contributed by atoms with E-state index in [1.165, 1.54) is 0 Å². The van der Waals surface area contributed by atoms with E-state index >= 15 is 0 Å². The molecule has 0 aromatic rings. The molecule has 0 rings (SSSR count). The molecule has 17 nitrogen and oxygen atoms in total. The monoisotopic (exact) mass is 616 g/mol. The Kier molecular flexibility index (Phi) is 18.9. The van der Waals surface area contributed by atoms with Crippen LogP contribution in [0.4, 0.5) is 0 Å². The van der Waals surface area contributed by atoms with Crippen molar-refractivity contribution in [2.45, 2.75) is 95.2 Å². The largest absolute Gasteiger partial charge is 0.352 e. The molecule has 0 aliphatic heterocycles. The normalized spacial score (nSPS) is 16.5. The summed E-state index contributed by atoms with van der Waals surface area (Å²) in [6.07, 6.45) is 1.93. The molecule has 0 heterocycles. The minimum absolute atomic E-state index is 0.0178. The molecule has 0 spiro atoms. The highest BCUT2D eigenvalue weighted by molar-refractivity contribution is 5.91. The molecule has 0 saturated heterocycles. The number of carbonyl (C=O) groups is 5. The van der Waals surface area contributed by atoms with E-state index in [9.17, 15) is 24.0 Å². The summed E-state index contributed by atoms with van der Waals surface area (Å²) in [4.78, 5) is 62.6. The zero-order chi connectivity index (χ0) is 33.3. The van der Waals surface area contributed by atoms with Gasteiger partial charge < -0.3 is 67.1 Å². The van der Waals surface area contributed by atoms with Gasteiger partial charge in [-0.15, -0.1) is 0 Å². The first kappa shape index (κ1) is 40.2. The Morgan fingerprint density at radius 2 is 1.09 bits per heavy atom. The maximum absolute atomic E-state index is 13.4. The number of ketones is 1. The molecule has 20 N–H and O–H groups in total. The Labute approximate surface area is 254 Å². The van der Waals surface area contributed by atoms with Gasteiger partial charge in [-0.05, 0) is 31.1 Å². The number of amides is 4. The summed E-state index contributed by atoms with van der Waals surface area (Å²) >= 11 is 0. The van der Waals surface area contributed by atoms with Crippen LogP contribution in [0, 0.1) is 5.41 Å². The van der Waals surface area contributed by atoms with Gasteiger partial charge in [0, 0.05) is 51.2 Å². The summed E-state index contributed by atoms with van der Waals surface area (Å²) in [7, 11) is 0. The topological polar surface area (TPSA) is 342 Å². The molecule has 250 valence electrons. The molecule has 7 atom stereocenters. The van der Waals surface area contributed by atoms with E-state index in [-0.39, 0.29) is 51.0 Å². The minimum Gasteiger partial charge on any atom is -0.352 e. The summed E-state index contributed by atoms with van der Waals surface area (Å²) in [5.41, 5.74) is 44.4. The Balaban J connectivity index is 5.63. The van der Waals surface area contributed by atoms with E-state index < -0.39 is 65.3 Å². The highest BCUT2D eigenvalue weighted by atomic mass is 16.2. The maximum atomic E-state index is 13.4. The lowest BCUT2D eigenvalue weighted by molar-refractivity contribution is -0.131. The Bertz CT molecular complexity index is 900. The Morgan fingerprint density at radius 3 is 1.58 bits per heavy atom. The first-order chi connectivity index (χ1) is 20.0. The van der Waals surface area contributed by atoms with Crippen LogP contribution in [0.3, 0.4) is 0 Å². The standard InChI is InChI=1S/C26H56N12O5/c1-26(2,3)21(6-4-5-14(36-23(41)17(33)11-29)7-8-20(39)15(31)9-27)38-25(43)19(37-24(42)18(34)12-30)13-35-22(40)16(32)10-28/h14-19,21H,4-13,27-34H2,1-3H3,(H,35,40)(H,36,41)(H,37,42)(H,38,43). The van der Waals surface area contributed by atoms with Crippen LogP contribution in [0.2, 0.25) is 0 Å². The molecular formula is C26H56N12O5. The molecule has 0 bridgehead atoms. The van der Waals surface area contributed by atoms with Crippen LogP contribution < -0.4 is 67.1 Å². The number of nitrogens with two attached hydrogens (primary N) is 8. The average molecular weight is 617 g/mol. The van der Waals surface area contributed by atoms with Gasteiger partial charge in [-0.2, -0.15) is 0 Å². The number of Topliss-reactive ketones (excluding diaryl/α,β-unsaturated/α-hetero) is 1. The van der Waals surface area contributed by atoms with Crippen LogP contribution in [-0.2, 0) is 24.0 Å². The lowest BCUT2D eigenvalue weighted by Gasteiger charge is -2.34. The second kappa shape index (κ2) is 20.2. The molecule has 0 saturated carbocycles. The second-order valence-corrected chi connectivity index (χ2v) is 11.7. The summed E-state index contributed by atoms with van der Waals surface area (Å²) in [6.45, 7) is 5.27. The fraction of sp³-hybridized carbons (Fsp3) is 0.808. The van der Waals surface area contributed by atoms with Crippen LogP contribution in [-0.4, -0.2) is 104 Å². The van der Waals surface area contributed by atoms with Gasteiger partial charge in [0.15, 0.2) is 5.78 Å². The van der Waals surface area contributed by atoms with Gasteiger partial charge in [0.1, 0.15) is 6.04 Å². The number of hydrogen-bond donors (Lipinski definition) is 12. The highest BCUT2D eigenvalue weighted by Gasteiger charge is 2.31. The number of hydrogen-bond acceptors (Lipinski definition) is 13. The molecule has 0 aromatic carbocycles. The smallest absolute Gasteiger partial charge is 0.244 e. The summed E-state index contributed by atoms with van der Waals surface area (Å²) in [6, 6.07) is -5.69. The van der Waals surface area contributed by atoms with Crippen LogP contribution in [0.5, 0.6) is 0 Å². The van der Waals surface area contributed by atoms with Gasteiger partial charge in [0.2, 0.25) is 23.6 Å². The predicted octanol–water partition coefficient (Wildman–Crippen LogP) is -5.73. The third kappa shape index (κ3) is 15.5. The Morgan fingerprint density at radius 1 is 0.605 bits per heavy atom. The lowest BCUT2D eigenvalue weighted by atomic mass is 9.83. The van der Waals surface area contributed by atoms with Gasteiger partial charge in [0.25, 0.3) is 0 Å². The molecule has 0 fully saturated rings. The van der Waals surface area contributed by atoms with Crippen molar-refractivity contribution in [3.8, 4) is 0 Å². The van der Waals surface area contributed by atoms with Gasteiger partial charge in [-0.1, -0.05) is 20.8 Å². The van der Waals surface area contributed by atoms with Crippen molar-refractivity contribution in [1.82, 2.24) is 21.3 Å². The van der Waals surface area contributed by atoms with Crippen LogP contribution in [0.1, 0.15) is 52.9 Å². The van der Waals surface area contributed by atoms with Crippen molar-refractivity contribution in [2.24, 2.45) is 51.3 Å². The first-order valence-corrected chi connectivity index (χ1v) is 14.6. The first-order valence-electron chi connectivity index (χ1n) is 14.6. The van der Waals surface area contributed by atoms with Gasteiger partial charge >= 0.3 is 0 Å². The van der Waals surface area contributed by atoms with Gasteiger partial charge in [-0.25, -0.2) is 0 Å². The molecule has 0 aromatic heterocycles. The van der Waals surface area contributed by atoms with Gasteiger partial charge in [-0.3, -0.25) is 24.0 Å². The van der Waals surface area contributed by atoms with Gasteiger partial charge in [0.05, 0.1) is 24.2 Å². The average Bonchev–Trinajstić information content (AvgIpc) is 2.97. The SMILES string of the molecule is CC(C)(C)C(CCCC(CCC(=O)C(N)CN)NC(=O)C(N)CN)NC(=O)C(CNC(=O)C(N)CN)NC(=O)C(N)CN. The van der Waals surface area contributed by atoms with Crippen molar-refractivity contribution in [3.63, 3.8) is 0 Å². The van der Waals surface area contributed by atoms with Crippen molar-refractivity contribution >= 4 is 29.4 Å². The molecule has 0 aliphatic rings. The van der Waals surface area contributed by atoms with E-state index in [1.807, 2.05) is 20.8 Å². The molecule has 17 heteroatoms. The summed E-state index contributed by atoms with van der Waals surface area (Å²) < 4.78 is 0. The van der Waals surface area contributed by atoms with Crippen LogP contribution in [0.15, 0.2) is 0 Å². The molecule has 7 unspecified atom stereocenters. The fourth-order valence-electron chi connectivity index (χ4n) is 3.94. The van der Waals surface area contributed by atoms with Crippen molar-refractivity contribution < 1.29 is 24.0 Å². The molecule has 43 heavy (non-hydrogen) atoms. The summed E-state index contributed by atoms with van der Waals surface area (Å²) in [5.74, 6) is -2.45. The molecule has 0 radical (unpaired) electrons. The molecule has 4 amide bonds. The predicted molar refractivity (Wildman–Crippen MR) is 164 cm³/mol. The lowest BCUT2D eigenvalue weighted by Crippen LogP contribution is -2.60. The van der Waals surface area contributed by atoms with E-state index in [2.05, 4.69) is 21.3 Å². The van der Waals surface area contributed by atoms with Crippen molar-refractivity contribution in [2.75, 3.05) is 32.7 Å². The molecule has 0 aliphatic carbocycles. The second-order valence-electron chi connectivity index (χ2n) is 11.7. The minimum atomic E-state index is -1.17. The third-order valence-corrected chi connectivity index (χ3v) is 7.05. The highest BCUT2D eigenvalue weighted by Crippen LogP contribution is 2.24. The van der Waals surface area contributed by atoms with Crippen molar-refractivity contribution in [3.05, 3.63) is 0 Å². The number of carbonyl (C=O) groups excluding carboxylic acids is 5. The van der Waals surface area contributed by atoms with E-state index in [4.69, 9.17) is 45.9 Å². The maximum Gasteiger partial charge on any atom is 0.244 e. The molecular weight excluding hydrogens is 560 g/mol. The van der Waals surface area contributed by atoms with Crippen molar-refractivity contribution in [1.29, 1.82) is 0 Å². The fourth-order valence-corrected chi connectivity index (χ4v) is 3.94. The van der Waals surface area contributed by atoms with E-state index in [0.29, 0.717) is 25.7 Å². The quantitative estimate of drug-likeness (QED) is 0.0572. The zero-order valence-corrected chi connectivity index (χ0v) is 25.8. The number of rotatable bonds is 21. The number of nitrogens with one attached hydrogen (secondary N) is 4. The zero-order valence-electron chi connectivity index (χ0n) is 25.8. The van der Waals surface area contributed by atoms with E-state index in [0.717, 1.165) is 0 Å². The Hall–Kier alpha value is -2.77. The summed E-state index contributed by atoms with van der Waals surface area (Å²) in [5, 5.41) is 10.9. The third-order valence-electron chi connectivity index (χ3n) is 7.05. The van der Waals surface area contributed by atoms with Crippen LogP contribution in [0.25, 0.3) is 0 Å².